The second-order valence-electron chi connectivity index (χ2n) is 4.38. The third kappa shape index (κ3) is 3.66. The molecule has 0 aliphatic carbocycles. The number of hydrogen-bond acceptors (Lipinski definition) is 1. The molecular formula is C14H16F3NO. The Hall–Kier alpha value is -1.65. The normalized spacial score (nSPS) is 12.0. The molecule has 0 unspecified atom stereocenters. The molecule has 0 saturated heterocycles. The van der Waals surface area contributed by atoms with Crippen LogP contribution in [0.25, 0.3) is 10.9 Å². The molecule has 2 rings (SSSR count). The Kier molecular flexibility index (Phi) is 4.02. The lowest BCUT2D eigenvalue weighted by Crippen LogP contribution is -2.08. The number of rotatable bonds is 5. The summed E-state index contributed by atoms with van der Waals surface area (Å²) in [6.07, 6.45) is -2.91. The molecule has 0 fully saturated rings. The van der Waals surface area contributed by atoms with Crippen LogP contribution in [0.1, 0.15) is 19.8 Å². The third-order valence-electron chi connectivity index (χ3n) is 2.91. The zero-order valence-electron chi connectivity index (χ0n) is 10.7. The highest BCUT2D eigenvalue weighted by molar-refractivity contribution is 5.81. The first kappa shape index (κ1) is 13.8. The van der Waals surface area contributed by atoms with Gasteiger partial charge in [-0.1, -0.05) is 0 Å². The molecule has 0 bridgehead atoms. The van der Waals surface area contributed by atoms with Gasteiger partial charge in [0.15, 0.2) is 0 Å². The van der Waals surface area contributed by atoms with E-state index in [4.69, 9.17) is 4.74 Å². The molecule has 5 heteroatoms. The van der Waals surface area contributed by atoms with E-state index in [0.717, 1.165) is 16.7 Å². The van der Waals surface area contributed by atoms with Crippen LogP contribution >= 0.6 is 0 Å². The molecule has 1 heterocycles. The number of aryl methyl sites for hydroxylation is 1. The summed E-state index contributed by atoms with van der Waals surface area (Å²) < 4.78 is 43.6. The fourth-order valence-electron chi connectivity index (χ4n) is 2.08. The average Bonchev–Trinajstić information content (AvgIpc) is 2.71. The quantitative estimate of drug-likeness (QED) is 0.787. The van der Waals surface area contributed by atoms with Crippen molar-refractivity contribution in [3.05, 3.63) is 30.5 Å². The van der Waals surface area contributed by atoms with Crippen LogP contribution < -0.4 is 4.74 Å². The first-order valence-corrected chi connectivity index (χ1v) is 6.28. The lowest BCUT2D eigenvalue weighted by Gasteiger charge is -2.08. The van der Waals surface area contributed by atoms with Crippen molar-refractivity contribution in [1.29, 1.82) is 0 Å². The minimum atomic E-state index is -4.08. The van der Waals surface area contributed by atoms with Gasteiger partial charge >= 0.3 is 6.18 Å². The number of benzene rings is 1. The standard InChI is InChI=1S/C14H16F3NO/c1-2-19-12-4-5-13-11(10-12)6-9-18(13)8-3-7-14(15,16)17/h4-6,9-10H,2-3,7-8H2,1H3. The summed E-state index contributed by atoms with van der Waals surface area (Å²) in [5, 5.41) is 0.984. The van der Waals surface area contributed by atoms with Crippen molar-refractivity contribution in [1.82, 2.24) is 4.57 Å². The lowest BCUT2D eigenvalue weighted by molar-refractivity contribution is -0.135. The van der Waals surface area contributed by atoms with Gasteiger partial charge in [-0.15, -0.1) is 0 Å². The molecule has 2 nitrogen and oxygen atoms in total. The van der Waals surface area contributed by atoms with E-state index in [0.29, 0.717) is 13.2 Å². The summed E-state index contributed by atoms with van der Waals surface area (Å²) >= 11 is 0. The van der Waals surface area contributed by atoms with Gasteiger partial charge in [0.2, 0.25) is 0 Å². The van der Waals surface area contributed by atoms with E-state index in [-0.39, 0.29) is 6.42 Å². The van der Waals surface area contributed by atoms with E-state index >= 15 is 0 Å². The first-order valence-electron chi connectivity index (χ1n) is 6.28. The highest BCUT2D eigenvalue weighted by Crippen LogP contribution is 2.25. The van der Waals surface area contributed by atoms with Crippen LogP contribution in [0.15, 0.2) is 30.5 Å². The summed E-state index contributed by atoms with van der Waals surface area (Å²) in [6, 6.07) is 7.52. The van der Waals surface area contributed by atoms with E-state index in [9.17, 15) is 13.2 Å². The zero-order chi connectivity index (χ0) is 13.9. The molecule has 19 heavy (non-hydrogen) atoms. The third-order valence-corrected chi connectivity index (χ3v) is 2.91. The summed E-state index contributed by atoms with van der Waals surface area (Å²) in [5.74, 6) is 0.781. The van der Waals surface area contributed by atoms with Gasteiger partial charge in [0.25, 0.3) is 0 Å². The smallest absolute Gasteiger partial charge is 0.389 e. The fourth-order valence-corrected chi connectivity index (χ4v) is 2.08. The molecule has 0 spiro atoms. The minimum Gasteiger partial charge on any atom is -0.494 e. The summed E-state index contributed by atoms with van der Waals surface area (Å²) in [4.78, 5) is 0. The maximum atomic E-state index is 12.1. The number of ether oxygens (including phenoxy) is 1. The van der Waals surface area contributed by atoms with Crippen LogP contribution in [0.3, 0.4) is 0 Å². The number of fused-ring (bicyclic) bond motifs is 1. The molecular weight excluding hydrogens is 255 g/mol. The van der Waals surface area contributed by atoms with Crippen molar-refractivity contribution in [2.75, 3.05) is 6.61 Å². The predicted octanol–water partition coefficient (Wildman–Crippen LogP) is 4.38. The molecule has 0 amide bonds. The zero-order valence-corrected chi connectivity index (χ0v) is 10.7. The number of halogens is 3. The molecule has 104 valence electrons. The number of aromatic nitrogens is 1. The largest absolute Gasteiger partial charge is 0.494 e. The van der Waals surface area contributed by atoms with Crippen molar-refractivity contribution < 1.29 is 17.9 Å². The van der Waals surface area contributed by atoms with Gasteiger partial charge in [0.05, 0.1) is 6.61 Å². The van der Waals surface area contributed by atoms with Crippen LogP contribution in [0.2, 0.25) is 0 Å². The van der Waals surface area contributed by atoms with Crippen molar-refractivity contribution in [2.24, 2.45) is 0 Å². The van der Waals surface area contributed by atoms with Gasteiger partial charge in [-0.25, -0.2) is 0 Å². The molecule has 0 N–H and O–H groups in total. The van der Waals surface area contributed by atoms with Crippen molar-refractivity contribution in [3.63, 3.8) is 0 Å². The number of alkyl halides is 3. The molecule has 0 atom stereocenters. The Morgan fingerprint density at radius 1 is 1.21 bits per heavy atom. The van der Waals surface area contributed by atoms with Crippen molar-refractivity contribution >= 4 is 10.9 Å². The molecule has 1 aromatic carbocycles. The summed E-state index contributed by atoms with van der Waals surface area (Å²) in [6.45, 7) is 2.88. The Morgan fingerprint density at radius 3 is 2.68 bits per heavy atom. The van der Waals surface area contributed by atoms with E-state index in [2.05, 4.69) is 0 Å². The van der Waals surface area contributed by atoms with Gasteiger partial charge in [0, 0.05) is 30.1 Å². The van der Waals surface area contributed by atoms with Crippen LogP contribution in [0, 0.1) is 0 Å². The highest BCUT2D eigenvalue weighted by Gasteiger charge is 2.26. The van der Waals surface area contributed by atoms with Crippen LogP contribution in [0.4, 0.5) is 13.2 Å². The van der Waals surface area contributed by atoms with Crippen molar-refractivity contribution in [2.45, 2.75) is 32.5 Å². The van der Waals surface area contributed by atoms with E-state index in [1.165, 1.54) is 0 Å². The van der Waals surface area contributed by atoms with Crippen LogP contribution in [0.5, 0.6) is 5.75 Å². The maximum Gasteiger partial charge on any atom is 0.389 e. The molecule has 0 saturated carbocycles. The first-order chi connectivity index (χ1) is 8.99. The number of hydrogen-bond donors (Lipinski definition) is 0. The molecule has 1 aromatic heterocycles. The Labute approximate surface area is 109 Å². The SMILES string of the molecule is CCOc1ccc2c(ccn2CCCC(F)(F)F)c1. The van der Waals surface area contributed by atoms with Gasteiger partial charge in [-0.05, 0) is 37.6 Å². The Bertz CT molecular complexity index is 545. The summed E-state index contributed by atoms with van der Waals surface area (Å²) in [7, 11) is 0. The number of nitrogens with zero attached hydrogens (tertiary/aromatic N) is 1. The topological polar surface area (TPSA) is 14.2 Å². The fraction of sp³-hybridized carbons (Fsp3) is 0.429. The van der Waals surface area contributed by atoms with Gasteiger partial charge < -0.3 is 9.30 Å². The van der Waals surface area contributed by atoms with Crippen LogP contribution in [-0.2, 0) is 6.54 Å². The monoisotopic (exact) mass is 271 g/mol. The lowest BCUT2D eigenvalue weighted by atomic mass is 10.2. The van der Waals surface area contributed by atoms with Gasteiger partial charge in [-0.3, -0.25) is 0 Å². The second-order valence-corrected chi connectivity index (χ2v) is 4.38. The van der Waals surface area contributed by atoms with Gasteiger partial charge in [0.1, 0.15) is 5.75 Å². The second kappa shape index (κ2) is 5.55. The van der Waals surface area contributed by atoms with Gasteiger partial charge in [-0.2, -0.15) is 13.2 Å². The van der Waals surface area contributed by atoms with E-state index in [1.54, 1.807) is 0 Å². The minimum absolute atomic E-state index is 0.0977. The molecule has 0 radical (unpaired) electrons. The average molecular weight is 271 g/mol. The highest BCUT2D eigenvalue weighted by atomic mass is 19.4. The van der Waals surface area contributed by atoms with Crippen LogP contribution in [-0.4, -0.2) is 17.4 Å². The molecule has 2 aromatic rings. The Morgan fingerprint density at radius 2 is 2.00 bits per heavy atom. The molecule has 0 aliphatic rings. The molecule has 0 aliphatic heterocycles. The van der Waals surface area contributed by atoms with E-state index in [1.807, 2.05) is 42.0 Å². The predicted molar refractivity (Wildman–Crippen MR) is 68.4 cm³/mol. The Balaban J connectivity index is 2.08. The van der Waals surface area contributed by atoms with E-state index < -0.39 is 12.6 Å². The van der Waals surface area contributed by atoms with Crippen molar-refractivity contribution in [3.8, 4) is 5.75 Å². The maximum absolute atomic E-state index is 12.1. The summed E-state index contributed by atoms with van der Waals surface area (Å²) in [5.41, 5.74) is 0.936.